The van der Waals surface area contributed by atoms with Crippen molar-refractivity contribution in [3.05, 3.63) is 18.2 Å². The Bertz CT molecular complexity index is 718. The van der Waals surface area contributed by atoms with Gasteiger partial charge in [0.2, 0.25) is 0 Å². The fourth-order valence-corrected chi connectivity index (χ4v) is 2.71. The Hall–Kier alpha value is -1.77. The van der Waals surface area contributed by atoms with Gasteiger partial charge in [0.15, 0.2) is 25.3 Å². The molecular formula is C15H25N5O2Si. The van der Waals surface area contributed by atoms with Crippen molar-refractivity contribution in [3.8, 4) is 0 Å². The van der Waals surface area contributed by atoms with Gasteiger partial charge >= 0.3 is 0 Å². The van der Waals surface area contributed by atoms with E-state index < -0.39 is 8.32 Å². The molecule has 0 bridgehead atoms. The number of fused-ring (bicyclic) bond motifs is 1. The number of nitrogens with zero attached hydrogens (tertiary/aromatic N) is 4. The quantitative estimate of drug-likeness (QED) is 0.814. The van der Waals surface area contributed by atoms with Crippen LogP contribution in [0.1, 0.15) is 26.6 Å². The summed E-state index contributed by atoms with van der Waals surface area (Å²) in [6, 6.07) is 0. The first-order valence-electron chi connectivity index (χ1n) is 7.55. The van der Waals surface area contributed by atoms with E-state index in [1.807, 2.05) is 4.57 Å². The van der Waals surface area contributed by atoms with Crippen LogP contribution in [0.25, 0.3) is 17.2 Å². The fraction of sp³-hybridized carbons (Fsp3) is 0.533. The average Bonchev–Trinajstić information content (AvgIpc) is 2.81. The van der Waals surface area contributed by atoms with Gasteiger partial charge in [0.25, 0.3) is 0 Å². The van der Waals surface area contributed by atoms with Gasteiger partial charge in [0.05, 0.1) is 6.61 Å². The average molecular weight is 335 g/mol. The Morgan fingerprint density at radius 1 is 1.35 bits per heavy atom. The lowest BCUT2D eigenvalue weighted by molar-refractivity contribution is 0.215. The largest absolute Gasteiger partial charge is 0.399 e. The summed E-state index contributed by atoms with van der Waals surface area (Å²) in [5.41, 5.74) is 7.06. The zero-order valence-electron chi connectivity index (χ0n) is 14.4. The molecule has 0 fully saturated rings. The van der Waals surface area contributed by atoms with Crippen LogP contribution >= 0.6 is 0 Å². The van der Waals surface area contributed by atoms with Crippen molar-refractivity contribution in [1.82, 2.24) is 19.5 Å². The minimum Gasteiger partial charge on any atom is -0.399 e. The van der Waals surface area contributed by atoms with E-state index in [2.05, 4.69) is 48.8 Å². The summed E-state index contributed by atoms with van der Waals surface area (Å²) in [6.07, 6.45) is 4.77. The van der Waals surface area contributed by atoms with Crippen LogP contribution in [-0.4, -0.2) is 39.5 Å². The van der Waals surface area contributed by atoms with E-state index in [0.717, 1.165) is 0 Å². The van der Waals surface area contributed by atoms with Gasteiger partial charge in [-0.25, -0.2) is 15.0 Å². The molecule has 2 aromatic rings. The third-order valence-electron chi connectivity index (χ3n) is 4.32. The molecule has 0 spiro atoms. The Morgan fingerprint density at radius 3 is 2.65 bits per heavy atom. The number of hydrogen-bond acceptors (Lipinski definition) is 6. The number of aliphatic hydroxyl groups excluding tert-OH is 1. The molecule has 0 radical (unpaired) electrons. The zero-order valence-corrected chi connectivity index (χ0v) is 15.4. The van der Waals surface area contributed by atoms with Gasteiger partial charge in [0.1, 0.15) is 18.9 Å². The lowest BCUT2D eigenvalue weighted by Gasteiger charge is -2.36. The van der Waals surface area contributed by atoms with Crippen LogP contribution in [0.4, 0.5) is 5.82 Å². The molecule has 0 saturated carbocycles. The summed E-state index contributed by atoms with van der Waals surface area (Å²) in [5, 5.41) is 9.12. The molecule has 0 atom stereocenters. The van der Waals surface area contributed by atoms with Crippen LogP contribution in [0, 0.1) is 0 Å². The Kier molecular flexibility index (Phi) is 4.88. The van der Waals surface area contributed by atoms with Crippen molar-refractivity contribution < 1.29 is 9.53 Å². The van der Waals surface area contributed by atoms with Crippen LogP contribution in [0.3, 0.4) is 0 Å². The lowest BCUT2D eigenvalue weighted by Crippen LogP contribution is -2.41. The highest BCUT2D eigenvalue weighted by molar-refractivity contribution is 6.74. The predicted octanol–water partition coefficient (Wildman–Crippen LogP) is 2.39. The van der Waals surface area contributed by atoms with E-state index in [9.17, 15) is 0 Å². The Morgan fingerprint density at radius 2 is 2.04 bits per heavy atom. The summed E-state index contributed by atoms with van der Waals surface area (Å²) < 4.78 is 8.13. The number of nitrogens with two attached hydrogens (primary N) is 1. The third kappa shape index (κ3) is 3.60. The van der Waals surface area contributed by atoms with Gasteiger partial charge < -0.3 is 15.3 Å². The van der Waals surface area contributed by atoms with Gasteiger partial charge in [-0.05, 0) is 24.2 Å². The third-order valence-corrected chi connectivity index (χ3v) is 8.79. The molecule has 0 aromatic carbocycles. The van der Waals surface area contributed by atoms with Gasteiger partial charge in [-0.2, -0.15) is 0 Å². The van der Waals surface area contributed by atoms with Crippen LogP contribution < -0.4 is 5.73 Å². The molecule has 0 amide bonds. The number of hydrogen-bond donors (Lipinski definition) is 2. The Balaban J connectivity index is 2.42. The highest BCUT2D eigenvalue weighted by Gasteiger charge is 2.37. The molecule has 8 heteroatoms. The zero-order chi connectivity index (χ0) is 17.3. The van der Waals surface area contributed by atoms with Crippen LogP contribution in [0.15, 0.2) is 12.4 Å². The number of imidazole rings is 1. The predicted molar refractivity (Wildman–Crippen MR) is 94.1 cm³/mol. The monoisotopic (exact) mass is 335 g/mol. The normalized spacial score (nSPS) is 13.3. The number of aromatic nitrogens is 4. The number of anilines is 1. The van der Waals surface area contributed by atoms with Crippen LogP contribution in [0.2, 0.25) is 18.1 Å². The van der Waals surface area contributed by atoms with Gasteiger partial charge in [-0.3, -0.25) is 4.57 Å². The van der Waals surface area contributed by atoms with E-state index in [4.69, 9.17) is 15.3 Å². The second-order valence-corrected chi connectivity index (χ2v) is 11.8. The minimum absolute atomic E-state index is 0.0620. The van der Waals surface area contributed by atoms with Crippen LogP contribution in [-0.2, 0) is 11.2 Å². The topological polar surface area (TPSA) is 99.1 Å². The van der Waals surface area contributed by atoms with E-state index in [0.29, 0.717) is 29.5 Å². The second-order valence-electron chi connectivity index (χ2n) is 6.95. The highest BCUT2D eigenvalue weighted by Crippen LogP contribution is 2.37. The second kappa shape index (κ2) is 6.38. The molecule has 0 unspecified atom stereocenters. The maximum atomic E-state index is 9.01. The molecule has 7 nitrogen and oxygen atoms in total. The smallest absolute Gasteiger partial charge is 0.194 e. The molecule has 126 valence electrons. The first-order chi connectivity index (χ1) is 10.7. The molecule has 2 heterocycles. The standard InChI is InChI=1S/C15H25N5O2Si/c1-15(2,3)23(4,5)22-10-20-11(7-6-8-21)19-12-13(16)17-9-18-14(12)20/h6-7,9,21H,8,10H2,1-5H3,(H2,16,17,18)/b7-6+. The van der Waals surface area contributed by atoms with Gasteiger partial charge in [0, 0.05) is 0 Å². The molecule has 3 N–H and O–H groups in total. The first-order valence-corrected chi connectivity index (χ1v) is 10.5. The number of rotatable bonds is 5. The number of aliphatic hydroxyl groups is 1. The van der Waals surface area contributed by atoms with Crippen LogP contribution in [0.5, 0.6) is 0 Å². The molecule has 0 aliphatic heterocycles. The first kappa shape index (κ1) is 17.6. The maximum absolute atomic E-state index is 9.01. The Labute approximate surface area is 137 Å². The summed E-state index contributed by atoms with van der Waals surface area (Å²) in [4.78, 5) is 12.7. The van der Waals surface area contributed by atoms with Gasteiger partial charge in [-0.15, -0.1) is 0 Å². The van der Waals surface area contributed by atoms with Crippen molar-refractivity contribution in [3.63, 3.8) is 0 Å². The minimum atomic E-state index is -1.91. The lowest BCUT2D eigenvalue weighted by atomic mass is 10.2. The van der Waals surface area contributed by atoms with Crippen molar-refractivity contribution in [2.75, 3.05) is 12.3 Å². The van der Waals surface area contributed by atoms with Crippen molar-refractivity contribution in [1.29, 1.82) is 0 Å². The molecule has 0 saturated heterocycles. The van der Waals surface area contributed by atoms with E-state index in [1.165, 1.54) is 6.33 Å². The molecule has 2 aromatic heterocycles. The highest BCUT2D eigenvalue weighted by atomic mass is 28.4. The molecule has 0 aliphatic carbocycles. The summed E-state index contributed by atoms with van der Waals surface area (Å²) in [7, 11) is -1.91. The number of nitrogen functional groups attached to an aromatic ring is 1. The van der Waals surface area contributed by atoms with E-state index in [-0.39, 0.29) is 11.6 Å². The molecule has 2 rings (SSSR count). The molecule has 23 heavy (non-hydrogen) atoms. The summed E-state index contributed by atoms with van der Waals surface area (Å²) in [6.45, 7) is 11.2. The van der Waals surface area contributed by atoms with Crippen molar-refractivity contribution >= 4 is 31.4 Å². The van der Waals surface area contributed by atoms with E-state index in [1.54, 1.807) is 12.2 Å². The summed E-state index contributed by atoms with van der Waals surface area (Å²) >= 11 is 0. The van der Waals surface area contributed by atoms with Crippen molar-refractivity contribution in [2.24, 2.45) is 0 Å². The maximum Gasteiger partial charge on any atom is 0.194 e. The van der Waals surface area contributed by atoms with E-state index >= 15 is 0 Å². The van der Waals surface area contributed by atoms with Crippen molar-refractivity contribution in [2.45, 2.75) is 45.6 Å². The van der Waals surface area contributed by atoms with Gasteiger partial charge in [-0.1, -0.05) is 26.8 Å². The SMILES string of the molecule is CC(C)(C)[Si](C)(C)OCn1c(/C=C/CO)nc2c(N)ncnc21. The fourth-order valence-electron chi connectivity index (χ4n) is 1.83. The summed E-state index contributed by atoms with van der Waals surface area (Å²) in [5.74, 6) is 0.972. The molecule has 0 aliphatic rings. The molecular weight excluding hydrogens is 310 g/mol.